The summed E-state index contributed by atoms with van der Waals surface area (Å²) in [6, 6.07) is 26.0. The van der Waals surface area contributed by atoms with E-state index in [2.05, 4.69) is 39.3 Å². The number of aromatic nitrogens is 4. The van der Waals surface area contributed by atoms with Crippen molar-refractivity contribution < 1.29 is 5.11 Å². The second-order valence-electron chi connectivity index (χ2n) is 6.95. The number of aromatic hydroxyl groups is 1. The van der Waals surface area contributed by atoms with Crippen molar-refractivity contribution in [1.82, 2.24) is 19.6 Å². The van der Waals surface area contributed by atoms with Crippen LogP contribution in [0.1, 0.15) is 27.9 Å². The van der Waals surface area contributed by atoms with E-state index in [1.165, 1.54) is 9.90 Å². The van der Waals surface area contributed by atoms with E-state index < -0.39 is 0 Å². The molecule has 1 N–H and O–H groups in total. The highest BCUT2D eigenvalue weighted by Crippen LogP contribution is 2.31. The maximum atomic E-state index is 10.5. The van der Waals surface area contributed by atoms with Crippen LogP contribution in [-0.4, -0.2) is 24.7 Å². The van der Waals surface area contributed by atoms with Crippen LogP contribution in [0.2, 0.25) is 0 Å². The Hall–Kier alpha value is -3.38. The van der Waals surface area contributed by atoms with Gasteiger partial charge in [-0.3, -0.25) is 0 Å². The molecular weight excluding hydrogens is 380 g/mol. The van der Waals surface area contributed by atoms with E-state index >= 15 is 0 Å². The van der Waals surface area contributed by atoms with Crippen LogP contribution in [0.5, 0.6) is 5.88 Å². The maximum Gasteiger partial charge on any atom is 0.255 e. The van der Waals surface area contributed by atoms with Crippen molar-refractivity contribution in [3.8, 4) is 5.88 Å². The van der Waals surface area contributed by atoms with Gasteiger partial charge in [-0.2, -0.15) is 22.1 Å². The first-order valence-corrected chi connectivity index (χ1v) is 9.85. The van der Waals surface area contributed by atoms with Crippen molar-refractivity contribution >= 4 is 29.2 Å². The van der Waals surface area contributed by atoms with E-state index in [9.17, 15) is 5.11 Å². The van der Waals surface area contributed by atoms with Crippen molar-refractivity contribution in [2.45, 2.75) is 11.7 Å². The second kappa shape index (κ2) is 7.22. The van der Waals surface area contributed by atoms with E-state index in [-0.39, 0.29) is 11.1 Å². The summed E-state index contributed by atoms with van der Waals surface area (Å²) >= 11 is 4.76. The molecule has 29 heavy (non-hydrogen) atoms. The normalized spacial score (nSPS) is 12.4. The van der Waals surface area contributed by atoms with Crippen LogP contribution in [0.25, 0.3) is 16.6 Å². The Balaban J connectivity index is 1.50. The molecule has 0 radical (unpaired) electrons. The molecule has 0 aliphatic heterocycles. The smallest absolute Gasteiger partial charge is 0.255 e. The maximum absolute atomic E-state index is 10.5. The Morgan fingerprint density at radius 1 is 0.862 bits per heavy atom. The molecule has 5 aromatic rings. The minimum atomic E-state index is -0.287. The van der Waals surface area contributed by atoms with Crippen LogP contribution in [0.3, 0.4) is 0 Å². The largest absolute Gasteiger partial charge is 0.493 e. The highest BCUT2D eigenvalue weighted by molar-refractivity contribution is 7.80. The van der Waals surface area contributed by atoms with Gasteiger partial charge in [-0.1, -0.05) is 66.7 Å². The molecule has 3 aromatic carbocycles. The summed E-state index contributed by atoms with van der Waals surface area (Å²) in [6.45, 7) is 0. The number of fused-ring (bicyclic) bond motifs is 2. The monoisotopic (exact) mass is 398 g/mol. The summed E-state index contributed by atoms with van der Waals surface area (Å²) in [5.41, 5.74) is 2.74. The molecular formula is C23H18N4OS. The summed E-state index contributed by atoms with van der Waals surface area (Å²) in [5.74, 6) is 0.972. The molecule has 6 heteroatoms. The Morgan fingerprint density at radius 3 is 2.45 bits per heavy atom. The zero-order chi connectivity index (χ0) is 19.8. The van der Waals surface area contributed by atoms with E-state index in [1.807, 2.05) is 48.5 Å². The zero-order valence-corrected chi connectivity index (χ0v) is 16.4. The number of thiol groups is 1. The number of hydrogen-bond acceptors (Lipinski definition) is 5. The predicted molar refractivity (Wildman–Crippen MR) is 116 cm³/mol. The lowest BCUT2D eigenvalue weighted by Crippen LogP contribution is -2.01. The van der Waals surface area contributed by atoms with Gasteiger partial charge in [-0.05, 0) is 28.0 Å². The van der Waals surface area contributed by atoms with Gasteiger partial charge in [0, 0.05) is 12.5 Å². The summed E-state index contributed by atoms with van der Waals surface area (Å²) < 4.78 is 1.36. The lowest BCUT2D eigenvalue weighted by molar-refractivity contribution is 0.433. The first-order valence-electron chi connectivity index (χ1n) is 9.33. The van der Waals surface area contributed by atoms with Crippen LogP contribution < -0.4 is 0 Å². The van der Waals surface area contributed by atoms with Gasteiger partial charge < -0.3 is 5.11 Å². The van der Waals surface area contributed by atoms with Crippen molar-refractivity contribution in [3.05, 3.63) is 102 Å². The van der Waals surface area contributed by atoms with Crippen LogP contribution in [0.4, 0.5) is 0 Å². The van der Waals surface area contributed by atoms with Crippen LogP contribution in [0.15, 0.2) is 78.9 Å². The quantitative estimate of drug-likeness (QED) is 0.435. The van der Waals surface area contributed by atoms with Crippen LogP contribution >= 0.6 is 12.6 Å². The Morgan fingerprint density at radius 2 is 1.62 bits per heavy atom. The lowest BCUT2D eigenvalue weighted by Gasteiger charge is -2.12. The van der Waals surface area contributed by atoms with E-state index in [1.54, 1.807) is 6.07 Å². The van der Waals surface area contributed by atoms with Gasteiger partial charge in [-0.25, -0.2) is 4.98 Å². The van der Waals surface area contributed by atoms with Gasteiger partial charge in [0.1, 0.15) is 0 Å². The summed E-state index contributed by atoms with van der Waals surface area (Å²) in [4.78, 5) is 9.11. The van der Waals surface area contributed by atoms with E-state index in [0.717, 1.165) is 16.5 Å². The molecule has 5 nitrogen and oxygen atoms in total. The van der Waals surface area contributed by atoms with Gasteiger partial charge in [0.25, 0.3) is 5.78 Å². The molecule has 0 amide bonds. The molecule has 0 bridgehead atoms. The summed E-state index contributed by atoms with van der Waals surface area (Å²) in [5, 5.41) is 16.9. The number of benzene rings is 3. The predicted octanol–water partition coefficient (Wildman–Crippen LogP) is 4.59. The molecule has 0 fully saturated rings. The molecule has 0 aliphatic rings. The third-order valence-corrected chi connectivity index (χ3v) is 5.49. The highest BCUT2D eigenvalue weighted by atomic mass is 32.1. The molecule has 0 saturated carbocycles. The number of nitrogens with zero attached hydrogens (tertiary/aromatic N) is 4. The van der Waals surface area contributed by atoms with E-state index in [4.69, 9.17) is 12.6 Å². The molecule has 0 spiro atoms. The highest BCUT2D eigenvalue weighted by Gasteiger charge is 2.17. The minimum absolute atomic E-state index is 0.00310. The lowest BCUT2D eigenvalue weighted by atomic mass is 10.0. The van der Waals surface area contributed by atoms with Gasteiger partial charge in [-0.15, -0.1) is 5.10 Å². The zero-order valence-electron chi connectivity index (χ0n) is 15.5. The molecule has 1 unspecified atom stereocenters. The summed E-state index contributed by atoms with van der Waals surface area (Å²) in [7, 11) is 0. The molecule has 2 heterocycles. The Labute approximate surface area is 173 Å². The fourth-order valence-corrected chi connectivity index (χ4v) is 3.75. The standard InChI is InChI=1S/C23H18N4OS/c28-21-14-19(22(29)18-11-10-16-8-4-5-9-17(16)13-18)24-23-25-20(26-27(21)23)12-15-6-2-1-3-7-15/h1-11,13-14,22,28-29H,12H2. The molecule has 1 atom stereocenters. The molecule has 0 aliphatic carbocycles. The Bertz CT molecular complexity index is 1320. The molecule has 5 rings (SSSR count). The Kier molecular flexibility index (Phi) is 4.41. The average Bonchev–Trinajstić information content (AvgIpc) is 3.16. The first kappa shape index (κ1) is 17.7. The van der Waals surface area contributed by atoms with Gasteiger partial charge >= 0.3 is 0 Å². The molecule has 0 saturated heterocycles. The number of hydrogen-bond donors (Lipinski definition) is 2. The summed E-state index contributed by atoms with van der Waals surface area (Å²) in [6.07, 6.45) is 0.577. The molecule has 2 aromatic heterocycles. The third-order valence-electron chi connectivity index (χ3n) is 4.93. The van der Waals surface area contributed by atoms with E-state index in [0.29, 0.717) is 23.7 Å². The van der Waals surface area contributed by atoms with Crippen molar-refractivity contribution in [1.29, 1.82) is 0 Å². The fourth-order valence-electron chi connectivity index (χ4n) is 3.45. The van der Waals surface area contributed by atoms with Crippen LogP contribution in [0, 0.1) is 0 Å². The fraction of sp³-hybridized carbons (Fsp3) is 0.0870. The van der Waals surface area contributed by atoms with Gasteiger partial charge in [0.15, 0.2) is 5.82 Å². The number of rotatable bonds is 4. The van der Waals surface area contributed by atoms with Crippen LogP contribution in [-0.2, 0) is 6.42 Å². The van der Waals surface area contributed by atoms with Gasteiger partial charge in [0.05, 0.1) is 10.9 Å². The SMILES string of the molecule is Oc1cc(C(S)c2ccc3ccccc3c2)nc2nc(Cc3ccccc3)nn12. The van der Waals surface area contributed by atoms with Crippen molar-refractivity contribution in [2.24, 2.45) is 0 Å². The average molecular weight is 398 g/mol. The molecule has 142 valence electrons. The van der Waals surface area contributed by atoms with Crippen molar-refractivity contribution in [2.75, 3.05) is 0 Å². The van der Waals surface area contributed by atoms with Crippen molar-refractivity contribution in [3.63, 3.8) is 0 Å². The minimum Gasteiger partial charge on any atom is -0.493 e. The third kappa shape index (κ3) is 3.43. The topological polar surface area (TPSA) is 63.3 Å². The second-order valence-corrected chi connectivity index (χ2v) is 7.47. The van der Waals surface area contributed by atoms with Gasteiger partial charge in [0.2, 0.25) is 5.88 Å². The first-order chi connectivity index (χ1) is 14.2.